The highest BCUT2D eigenvalue weighted by Gasteiger charge is 1.93. The van der Waals surface area contributed by atoms with Gasteiger partial charge in [-0.05, 0) is 6.07 Å². The van der Waals surface area contributed by atoms with Crippen LogP contribution < -0.4 is 0 Å². The largest absolute Gasteiger partial charge is 0.392 e. The van der Waals surface area contributed by atoms with Crippen molar-refractivity contribution in [1.29, 1.82) is 0 Å². The van der Waals surface area contributed by atoms with Crippen molar-refractivity contribution in [3.63, 3.8) is 0 Å². The van der Waals surface area contributed by atoms with Crippen LogP contribution in [0.25, 0.3) is 0 Å². The summed E-state index contributed by atoms with van der Waals surface area (Å²) in [4.78, 5) is 3.83. The average molecular weight is 269 g/mol. The van der Waals surface area contributed by atoms with Crippen LogP contribution in [-0.4, -0.2) is 10.1 Å². The minimum Gasteiger partial charge on any atom is -0.392 e. The summed E-state index contributed by atoms with van der Waals surface area (Å²) in [7, 11) is 0. The second-order valence-corrected chi connectivity index (χ2v) is 2.48. The Morgan fingerprint density at radius 1 is 1.60 bits per heavy atom. The summed E-state index contributed by atoms with van der Waals surface area (Å²) < 4.78 is 0.903. The zero-order valence-corrected chi connectivity index (χ0v) is 8.42. The first-order valence-corrected chi connectivity index (χ1v) is 3.33. The Kier molecular flexibility index (Phi) is 4.85. The molecule has 0 saturated carbocycles. The summed E-state index contributed by atoms with van der Waals surface area (Å²) in [5, 5.41) is 8.65. The van der Waals surface area contributed by atoms with E-state index in [1.54, 1.807) is 18.5 Å². The fourth-order valence-electron chi connectivity index (χ4n) is 0.527. The first-order valence-electron chi connectivity index (χ1n) is 2.54. The Bertz CT molecular complexity index is 205. The summed E-state index contributed by atoms with van der Waals surface area (Å²) in [6.07, 6.45) is 3.30. The molecule has 1 aromatic heterocycles. The number of halogens is 2. The van der Waals surface area contributed by atoms with Gasteiger partial charge in [-0.2, -0.15) is 0 Å². The molecule has 0 bridgehead atoms. The average Bonchev–Trinajstić information content (AvgIpc) is 1.89. The van der Waals surface area contributed by atoms with Crippen molar-refractivity contribution in [2.24, 2.45) is 0 Å². The Labute approximate surface area is 78.2 Å². The lowest BCUT2D eigenvalue weighted by Gasteiger charge is -1.95. The maximum Gasteiger partial charge on any atom is 0.0707 e. The quantitative estimate of drug-likeness (QED) is 0.844. The first kappa shape index (κ1) is 10.1. The fourth-order valence-corrected chi connectivity index (χ4v) is 0.873. The minimum absolute atomic E-state index is 0. The molecule has 10 heavy (non-hydrogen) atoms. The van der Waals surface area contributed by atoms with E-state index in [0.29, 0.717) is 0 Å². The molecule has 0 aliphatic heterocycles. The Balaban J connectivity index is 0.000000810. The number of hydrogen-bond acceptors (Lipinski definition) is 2. The third-order valence-corrected chi connectivity index (χ3v) is 1.79. The standard InChI is InChI=1S/C6H6BrNO.BrH/c7-6-1-2-8-3-5(6)4-9;/h1-3,9H,4H2;1H. The van der Waals surface area contributed by atoms with Crippen LogP contribution in [-0.2, 0) is 6.61 Å². The van der Waals surface area contributed by atoms with Crippen molar-refractivity contribution in [3.05, 3.63) is 28.5 Å². The second kappa shape index (κ2) is 4.82. The van der Waals surface area contributed by atoms with Gasteiger partial charge >= 0.3 is 0 Å². The van der Waals surface area contributed by atoms with E-state index in [-0.39, 0.29) is 23.6 Å². The van der Waals surface area contributed by atoms with Gasteiger partial charge in [-0.25, -0.2) is 0 Å². The molecule has 0 aromatic carbocycles. The van der Waals surface area contributed by atoms with Gasteiger partial charge in [0.25, 0.3) is 0 Å². The van der Waals surface area contributed by atoms with Gasteiger partial charge in [0.05, 0.1) is 6.61 Å². The van der Waals surface area contributed by atoms with Crippen molar-refractivity contribution in [3.8, 4) is 0 Å². The molecule has 56 valence electrons. The van der Waals surface area contributed by atoms with E-state index < -0.39 is 0 Å². The third-order valence-electron chi connectivity index (χ3n) is 1.01. The van der Waals surface area contributed by atoms with E-state index in [2.05, 4.69) is 20.9 Å². The maximum atomic E-state index is 8.65. The van der Waals surface area contributed by atoms with E-state index in [1.807, 2.05) is 0 Å². The lowest BCUT2D eigenvalue weighted by atomic mass is 10.3. The van der Waals surface area contributed by atoms with Crippen LogP contribution >= 0.6 is 32.9 Å². The molecule has 1 rings (SSSR count). The number of nitrogens with zero attached hydrogens (tertiary/aromatic N) is 1. The van der Waals surface area contributed by atoms with E-state index in [9.17, 15) is 0 Å². The van der Waals surface area contributed by atoms with Gasteiger partial charge in [-0.3, -0.25) is 4.98 Å². The molecule has 0 aliphatic rings. The molecule has 0 radical (unpaired) electrons. The molecule has 2 nitrogen and oxygen atoms in total. The molecule has 1 N–H and O–H groups in total. The van der Waals surface area contributed by atoms with Gasteiger partial charge in [0.15, 0.2) is 0 Å². The summed E-state index contributed by atoms with van der Waals surface area (Å²) in [6, 6.07) is 1.80. The SMILES string of the molecule is Br.OCc1cnccc1Br. The summed E-state index contributed by atoms with van der Waals surface area (Å²) in [5.74, 6) is 0. The van der Waals surface area contributed by atoms with Gasteiger partial charge in [0.1, 0.15) is 0 Å². The molecular weight excluding hydrogens is 262 g/mol. The van der Waals surface area contributed by atoms with Crippen LogP contribution in [0.3, 0.4) is 0 Å². The van der Waals surface area contributed by atoms with Crippen molar-refractivity contribution in [2.45, 2.75) is 6.61 Å². The summed E-state index contributed by atoms with van der Waals surface area (Å²) in [5.41, 5.74) is 0.817. The van der Waals surface area contributed by atoms with Crippen molar-refractivity contribution < 1.29 is 5.11 Å². The molecule has 1 aromatic rings. The Morgan fingerprint density at radius 2 is 2.30 bits per heavy atom. The molecule has 0 unspecified atom stereocenters. The van der Waals surface area contributed by atoms with Crippen LogP contribution in [0.15, 0.2) is 22.9 Å². The molecule has 0 fully saturated rings. The van der Waals surface area contributed by atoms with E-state index in [0.717, 1.165) is 10.0 Å². The van der Waals surface area contributed by atoms with Gasteiger partial charge in [0, 0.05) is 22.4 Å². The van der Waals surface area contributed by atoms with Crippen molar-refractivity contribution >= 4 is 32.9 Å². The Hall–Kier alpha value is 0.0700. The zero-order valence-electron chi connectivity index (χ0n) is 5.12. The topological polar surface area (TPSA) is 33.1 Å². The van der Waals surface area contributed by atoms with Gasteiger partial charge in [0.2, 0.25) is 0 Å². The van der Waals surface area contributed by atoms with E-state index in [4.69, 9.17) is 5.11 Å². The molecule has 0 saturated heterocycles. The second-order valence-electron chi connectivity index (χ2n) is 1.63. The van der Waals surface area contributed by atoms with Crippen molar-refractivity contribution in [1.82, 2.24) is 4.98 Å². The molecule has 0 spiro atoms. The third kappa shape index (κ3) is 2.36. The zero-order chi connectivity index (χ0) is 6.69. The predicted octanol–water partition coefficient (Wildman–Crippen LogP) is 1.91. The predicted molar refractivity (Wildman–Crippen MR) is 48.2 cm³/mol. The Morgan fingerprint density at radius 3 is 2.70 bits per heavy atom. The molecule has 4 heteroatoms. The normalized spacial score (nSPS) is 8.60. The fraction of sp³-hybridized carbons (Fsp3) is 0.167. The first-order chi connectivity index (χ1) is 4.34. The molecule has 0 atom stereocenters. The lowest BCUT2D eigenvalue weighted by molar-refractivity contribution is 0.280. The summed E-state index contributed by atoms with van der Waals surface area (Å²) >= 11 is 3.26. The number of pyridine rings is 1. The monoisotopic (exact) mass is 267 g/mol. The highest BCUT2D eigenvalue weighted by atomic mass is 79.9. The van der Waals surface area contributed by atoms with Gasteiger partial charge in [-0.1, -0.05) is 15.9 Å². The maximum absolute atomic E-state index is 8.65. The smallest absolute Gasteiger partial charge is 0.0707 e. The number of aliphatic hydroxyl groups excluding tert-OH is 1. The minimum atomic E-state index is 0. The van der Waals surface area contributed by atoms with E-state index in [1.165, 1.54) is 0 Å². The lowest BCUT2D eigenvalue weighted by Crippen LogP contribution is -1.84. The van der Waals surface area contributed by atoms with Crippen LogP contribution in [0.2, 0.25) is 0 Å². The highest BCUT2D eigenvalue weighted by molar-refractivity contribution is 9.10. The number of aliphatic hydroxyl groups is 1. The molecule has 0 amide bonds. The van der Waals surface area contributed by atoms with Crippen LogP contribution in [0, 0.1) is 0 Å². The van der Waals surface area contributed by atoms with Gasteiger partial charge < -0.3 is 5.11 Å². The highest BCUT2D eigenvalue weighted by Crippen LogP contribution is 2.13. The molecule has 1 heterocycles. The number of aromatic nitrogens is 1. The van der Waals surface area contributed by atoms with Crippen LogP contribution in [0.1, 0.15) is 5.56 Å². The molecule has 0 aliphatic carbocycles. The van der Waals surface area contributed by atoms with E-state index >= 15 is 0 Å². The van der Waals surface area contributed by atoms with Crippen molar-refractivity contribution in [2.75, 3.05) is 0 Å². The van der Waals surface area contributed by atoms with Gasteiger partial charge in [-0.15, -0.1) is 17.0 Å². The summed E-state index contributed by atoms with van der Waals surface area (Å²) in [6.45, 7) is 0.0361. The number of hydrogen-bond donors (Lipinski definition) is 1. The van der Waals surface area contributed by atoms with Crippen LogP contribution in [0.5, 0.6) is 0 Å². The molecular formula is C6H7Br2NO. The number of rotatable bonds is 1. The van der Waals surface area contributed by atoms with Crippen LogP contribution in [0.4, 0.5) is 0 Å².